The summed E-state index contributed by atoms with van der Waals surface area (Å²) in [5.74, 6) is 1.50. The number of hydrogen-bond donors (Lipinski definition) is 0. The number of methoxy groups -OCH3 is 1. The number of non-ortho nitro benzene ring substituents is 1. The van der Waals surface area contributed by atoms with Gasteiger partial charge in [0.25, 0.3) is 5.69 Å². The minimum Gasteiger partial charge on any atom is -0.497 e. The predicted octanol–water partition coefficient (Wildman–Crippen LogP) is 3.36. The molecule has 0 N–H and O–H groups in total. The van der Waals surface area contributed by atoms with Crippen molar-refractivity contribution in [2.24, 2.45) is 0 Å². The summed E-state index contributed by atoms with van der Waals surface area (Å²) in [6.45, 7) is 0. The van der Waals surface area contributed by atoms with E-state index < -0.39 is 4.92 Å². The molecule has 2 aromatic heterocycles. The molecule has 0 aliphatic rings. The van der Waals surface area contributed by atoms with Crippen LogP contribution in [0.5, 0.6) is 5.75 Å². The molecule has 0 fully saturated rings. The van der Waals surface area contributed by atoms with Gasteiger partial charge >= 0.3 is 0 Å². The highest BCUT2D eigenvalue weighted by atomic mass is 32.1. The van der Waals surface area contributed by atoms with Crippen LogP contribution in [0.4, 0.5) is 5.69 Å². The van der Waals surface area contributed by atoms with E-state index in [9.17, 15) is 10.1 Å². The van der Waals surface area contributed by atoms with Gasteiger partial charge in [0, 0.05) is 24.1 Å². The van der Waals surface area contributed by atoms with Gasteiger partial charge in [0.2, 0.25) is 4.96 Å². The van der Waals surface area contributed by atoms with Gasteiger partial charge in [0.15, 0.2) is 5.82 Å². The van der Waals surface area contributed by atoms with Crippen LogP contribution in [0.1, 0.15) is 11.4 Å². The maximum atomic E-state index is 11.0. The Hall–Kier alpha value is -3.33. The van der Waals surface area contributed by atoms with Gasteiger partial charge in [0.05, 0.1) is 12.0 Å². The van der Waals surface area contributed by atoms with Crippen molar-refractivity contribution in [3.63, 3.8) is 0 Å². The summed E-state index contributed by atoms with van der Waals surface area (Å²) in [5, 5.41) is 24.5. The number of benzene rings is 2. The number of nitro benzene ring substituents is 1. The van der Waals surface area contributed by atoms with Gasteiger partial charge in [0.1, 0.15) is 10.8 Å². The lowest BCUT2D eigenvalue weighted by Gasteiger charge is -2.01. The van der Waals surface area contributed by atoms with E-state index in [-0.39, 0.29) is 5.69 Å². The van der Waals surface area contributed by atoms with Crippen LogP contribution >= 0.6 is 11.3 Å². The maximum Gasteiger partial charge on any atom is 0.270 e. The standard InChI is InChI=1S/C17H13N5O3S/c1-25-14-7-5-11(6-8-14)9-15-18-19-17-21(15)20-16(26-17)12-3-2-4-13(10-12)22(23)24/h2-8,10H,9H2,1H3. The van der Waals surface area contributed by atoms with E-state index in [0.29, 0.717) is 27.8 Å². The van der Waals surface area contributed by atoms with E-state index >= 15 is 0 Å². The van der Waals surface area contributed by atoms with Gasteiger partial charge in [-0.3, -0.25) is 10.1 Å². The summed E-state index contributed by atoms with van der Waals surface area (Å²) >= 11 is 1.34. The molecule has 0 saturated heterocycles. The van der Waals surface area contributed by atoms with Crippen molar-refractivity contribution >= 4 is 22.0 Å². The van der Waals surface area contributed by atoms with Gasteiger partial charge in [-0.1, -0.05) is 35.6 Å². The minimum absolute atomic E-state index is 0.0342. The first-order valence-electron chi connectivity index (χ1n) is 7.73. The SMILES string of the molecule is COc1ccc(Cc2nnc3sc(-c4cccc([N+](=O)[O-])c4)nn23)cc1. The fraction of sp³-hybridized carbons (Fsp3) is 0.118. The molecule has 0 saturated carbocycles. The number of ether oxygens (including phenoxy) is 1. The lowest BCUT2D eigenvalue weighted by Crippen LogP contribution is -1.98. The topological polar surface area (TPSA) is 95.5 Å². The van der Waals surface area contributed by atoms with E-state index in [0.717, 1.165) is 11.3 Å². The van der Waals surface area contributed by atoms with E-state index in [1.165, 1.54) is 23.5 Å². The number of fused-ring (bicyclic) bond motifs is 1. The van der Waals surface area contributed by atoms with Gasteiger partial charge in [-0.05, 0) is 17.7 Å². The molecule has 9 heteroatoms. The molecule has 0 atom stereocenters. The largest absolute Gasteiger partial charge is 0.497 e. The van der Waals surface area contributed by atoms with Crippen LogP contribution in [0.2, 0.25) is 0 Å². The number of hydrogen-bond acceptors (Lipinski definition) is 7. The van der Waals surface area contributed by atoms with E-state index in [1.807, 2.05) is 24.3 Å². The Kier molecular flexibility index (Phi) is 4.05. The Balaban J connectivity index is 1.66. The zero-order valence-electron chi connectivity index (χ0n) is 13.7. The minimum atomic E-state index is -0.418. The number of rotatable bonds is 5. The molecule has 0 spiro atoms. The average Bonchev–Trinajstić information content (AvgIpc) is 3.24. The summed E-state index contributed by atoms with van der Waals surface area (Å²) in [4.78, 5) is 11.2. The second-order valence-electron chi connectivity index (χ2n) is 5.55. The molecule has 8 nitrogen and oxygen atoms in total. The second kappa shape index (κ2) is 6.52. The molecule has 0 aliphatic heterocycles. The van der Waals surface area contributed by atoms with Crippen molar-refractivity contribution in [1.82, 2.24) is 19.8 Å². The molecular weight excluding hydrogens is 354 g/mol. The first kappa shape index (κ1) is 16.2. The van der Waals surface area contributed by atoms with Crippen LogP contribution in [0.15, 0.2) is 48.5 Å². The Labute approximate surface area is 151 Å². The summed E-state index contributed by atoms with van der Waals surface area (Å²) in [5.41, 5.74) is 1.78. The third-order valence-electron chi connectivity index (χ3n) is 3.88. The molecule has 130 valence electrons. The normalized spacial score (nSPS) is 11.0. The highest BCUT2D eigenvalue weighted by Gasteiger charge is 2.15. The van der Waals surface area contributed by atoms with Crippen molar-refractivity contribution in [2.75, 3.05) is 7.11 Å². The molecule has 0 unspecified atom stereocenters. The van der Waals surface area contributed by atoms with Crippen molar-refractivity contribution < 1.29 is 9.66 Å². The zero-order chi connectivity index (χ0) is 18.1. The smallest absolute Gasteiger partial charge is 0.270 e. The Morgan fingerprint density at radius 2 is 2.00 bits per heavy atom. The summed E-state index contributed by atoms with van der Waals surface area (Å²) in [7, 11) is 1.63. The Bertz CT molecular complexity index is 1090. The van der Waals surface area contributed by atoms with Crippen molar-refractivity contribution in [3.8, 4) is 16.3 Å². The molecule has 0 radical (unpaired) electrons. The zero-order valence-corrected chi connectivity index (χ0v) is 14.5. The second-order valence-corrected chi connectivity index (χ2v) is 6.51. The molecular formula is C17H13N5O3S. The van der Waals surface area contributed by atoms with Crippen LogP contribution in [-0.4, -0.2) is 31.8 Å². The molecule has 0 aliphatic carbocycles. The van der Waals surface area contributed by atoms with Crippen LogP contribution in [0.25, 0.3) is 15.5 Å². The molecule has 2 aromatic carbocycles. The molecule has 26 heavy (non-hydrogen) atoms. The lowest BCUT2D eigenvalue weighted by atomic mass is 10.1. The summed E-state index contributed by atoms with van der Waals surface area (Å²) in [6.07, 6.45) is 0.573. The fourth-order valence-electron chi connectivity index (χ4n) is 2.56. The molecule has 0 bridgehead atoms. The third-order valence-corrected chi connectivity index (χ3v) is 4.83. The van der Waals surface area contributed by atoms with Gasteiger partial charge in [-0.25, -0.2) is 0 Å². The molecule has 0 amide bonds. The average molecular weight is 367 g/mol. The highest BCUT2D eigenvalue weighted by molar-refractivity contribution is 7.19. The molecule has 2 heterocycles. The first-order chi connectivity index (χ1) is 12.6. The third kappa shape index (κ3) is 3.00. The van der Waals surface area contributed by atoms with Crippen molar-refractivity contribution in [1.29, 1.82) is 0 Å². The van der Waals surface area contributed by atoms with E-state index in [4.69, 9.17) is 4.74 Å². The summed E-state index contributed by atoms with van der Waals surface area (Å²) < 4.78 is 6.85. The summed E-state index contributed by atoms with van der Waals surface area (Å²) in [6, 6.07) is 14.1. The van der Waals surface area contributed by atoms with E-state index in [1.54, 1.807) is 23.8 Å². The van der Waals surface area contributed by atoms with Crippen molar-refractivity contribution in [2.45, 2.75) is 6.42 Å². The van der Waals surface area contributed by atoms with Crippen LogP contribution in [0, 0.1) is 10.1 Å². The maximum absolute atomic E-state index is 11.0. The quantitative estimate of drug-likeness (QED) is 0.396. The van der Waals surface area contributed by atoms with Crippen molar-refractivity contribution in [3.05, 3.63) is 70.0 Å². The fourth-order valence-corrected chi connectivity index (χ4v) is 3.42. The van der Waals surface area contributed by atoms with Crippen LogP contribution in [-0.2, 0) is 6.42 Å². The Morgan fingerprint density at radius 3 is 2.73 bits per heavy atom. The van der Waals surface area contributed by atoms with Crippen LogP contribution in [0.3, 0.4) is 0 Å². The first-order valence-corrected chi connectivity index (χ1v) is 8.54. The van der Waals surface area contributed by atoms with E-state index in [2.05, 4.69) is 15.3 Å². The van der Waals surface area contributed by atoms with Gasteiger partial charge < -0.3 is 4.74 Å². The van der Waals surface area contributed by atoms with Gasteiger partial charge in [-0.2, -0.15) is 9.61 Å². The number of nitro groups is 1. The monoisotopic (exact) mass is 367 g/mol. The van der Waals surface area contributed by atoms with Gasteiger partial charge in [-0.15, -0.1) is 10.2 Å². The number of aromatic nitrogens is 4. The van der Waals surface area contributed by atoms with Crippen LogP contribution < -0.4 is 4.74 Å². The molecule has 4 rings (SSSR count). The Morgan fingerprint density at radius 1 is 1.19 bits per heavy atom. The highest BCUT2D eigenvalue weighted by Crippen LogP contribution is 2.28. The number of nitrogens with zero attached hydrogens (tertiary/aromatic N) is 5. The lowest BCUT2D eigenvalue weighted by molar-refractivity contribution is -0.384. The molecule has 4 aromatic rings. The predicted molar refractivity (Wildman–Crippen MR) is 96.5 cm³/mol.